The van der Waals surface area contributed by atoms with Crippen molar-refractivity contribution >= 4 is 5.91 Å². The average molecular weight is 392 g/mol. The van der Waals surface area contributed by atoms with Crippen LogP contribution < -0.4 is 10.1 Å². The molecule has 152 valence electrons. The number of rotatable bonds is 7. The van der Waals surface area contributed by atoms with E-state index in [2.05, 4.69) is 55.5 Å². The van der Waals surface area contributed by atoms with Gasteiger partial charge in [-0.3, -0.25) is 9.48 Å². The molecule has 1 N–H and O–H groups in total. The van der Waals surface area contributed by atoms with E-state index in [0.29, 0.717) is 25.4 Å². The molecular weight excluding hydrogens is 362 g/mol. The van der Waals surface area contributed by atoms with Crippen molar-refractivity contribution in [3.63, 3.8) is 0 Å². The van der Waals surface area contributed by atoms with Crippen molar-refractivity contribution in [3.8, 4) is 17.0 Å². The number of carbonyl (C=O) groups excluding carboxylic acids is 1. The number of amides is 1. The second-order valence-corrected chi connectivity index (χ2v) is 7.98. The first-order valence-electron chi connectivity index (χ1n) is 10.0. The third-order valence-electron chi connectivity index (χ3n) is 4.76. The van der Waals surface area contributed by atoms with Crippen LogP contribution in [0.5, 0.6) is 5.75 Å². The highest BCUT2D eigenvalue weighted by Gasteiger charge is 2.17. The molecule has 0 radical (unpaired) electrons. The molecule has 0 saturated carbocycles. The number of carbonyl (C=O) groups is 1. The minimum atomic E-state index is -0.193. The summed E-state index contributed by atoms with van der Waals surface area (Å²) in [5.74, 6) is 0.597. The van der Waals surface area contributed by atoms with Crippen LogP contribution in [0, 0.1) is 0 Å². The minimum absolute atomic E-state index is 0.108. The molecule has 0 saturated heterocycles. The number of aromatic nitrogens is 2. The summed E-state index contributed by atoms with van der Waals surface area (Å²) in [5, 5.41) is 7.35. The lowest BCUT2D eigenvalue weighted by atomic mass is 9.86. The molecule has 1 amide bonds. The summed E-state index contributed by atoms with van der Waals surface area (Å²) in [5.41, 5.74) is 3.80. The Balaban J connectivity index is 1.65. The van der Waals surface area contributed by atoms with Crippen LogP contribution in [0.15, 0.2) is 60.7 Å². The fourth-order valence-electron chi connectivity index (χ4n) is 3.08. The van der Waals surface area contributed by atoms with Gasteiger partial charge in [-0.1, -0.05) is 63.2 Å². The highest BCUT2D eigenvalue weighted by Crippen LogP contribution is 2.26. The number of benzene rings is 2. The molecule has 0 aliphatic heterocycles. The van der Waals surface area contributed by atoms with Crippen LogP contribution in [-0.4, -0.2) is 28.8 Å². The van der Waals surface area contributed by atoms with Gasteiger partial charge >= 0.3 is 0 Å². The fourth-order valence-corrected chi connectivity index (χ4v) is 3.08. The van der Waals surface area contributed by atoms with E-state index in [-0.39, 0.29) is 11.3 Å². The maximum absolute atomic E-state index is 12.5. The smallest absolute Gasteiger partial charge is 0.271 e. The van der Waals surface area contributed by atoms with Gasteiger partial charge < -0.3 is 10.1 Å². The van der Waals surface area contributed by atoms with E-state index < -0.39 is 0 Å². The van der Waals surface area contributed by atoms with Crippen molar-refractivity contribution in [2.75, 3.05) is 13.2 Å². The summed E-state index contributed by atoms with van der Waals surface area (Å²) in [6.07, 6.45) is 0. The Bertz CT molecular complexity index is 939. The summed E-state index contributed by atoms with van der Waals surface area (Å²) >= 11 is 0. The summed E-state index contributed by atoms with van der Waals surface area (Å²) in [6.45, 7) is 10.1. The van der Waals surface area contributed by atoms with Crippen LogP contribution in [0.25, 0.3) is 11.3 Å². The summed E-state index contributed by atoms with van der Waals surface area (Å²) in [4.78, 5) is 12.5. The fraction of sp³-hybridized carbons (Fsp3) is 0.333. The number of para-hydroxylation sites is 1. The third kappa shape index (κ3) is 5.25. The predicted molar refractivity (Wildman–Crippen MR) is 116 cm³/mol. The molecule has 0 unspecified atom stereocenters. The highest BCUT2D eigenvalue weighted by atomic mass is 16.5. The molecule has 2 aromatic carbocycles. The zero-order chi connectivity index (χ0) is 20.9. The lowest BCUT2D eigenvalue weighted by Gasteiger charge is -2.19. The van der Waals surface area contributed by atoms with Crippen LogP contribution in [0.1, 0.15) is 43.7 Å². The van der Waals surface area contributed by atoms with Gasteiger partial charge in [-0.15, -0.1) is 0 Å². The van der Waals surface area contributed by atoms with Crippen molar-refractivity contribution < 1.29 is 9.53 Å². The van der Waals surface area contributed by atoms with E-state index in [1.54, 1.807) is 0 Å². The molecule has 0 fully saturated rings. The third-order valence-corrected chi connectivity index (χ3v) is 4.76. The molecule has 5 heteroatoms. The zero-order valence-electron chi connectivity index (χ0n) is 17.6. The number of ether oxygens (including phenoxy) is 1. The molecule has 1 aromatic heterocycles. The first-order valence-corrected chi connectivity index (χ1v) is 10.0. The normalized spacial score (nSPS) is 11.3. The first kappa shape index (κ1) is 20.6. The Labute approximate surface area is 172 Å². The highest BCUT2D eigenvalue weighted by molar-refractivity contribution is 5.93. The molecule has 0 atom stereocenters. The van der Waals surface area contributed by atoms with Crippen LogP contribution in [0.4, 0.5) is 0 Å². The maximum Gasteiger partial charge on any atom is 0.271 e. The van der Waals surface area contributed by atoms with Crippen molar-refractivity contribution in [2.45, 2.75) is 39.7 Å². The van der Waals surface area contributed by atoms with Gasteiger partial charge in [-0.25, -0.2) is 0 Å². The van der Waals surface area contributed by atoms with E-state index in [4.69, 9.17) is 4.74 Å². The first-order chi connectivity index (χ1) is 13.9. The Morgan fingerprint density at radius 3 is 2.38 bits per heavy atom. The molecule has 1 heterocycles. The second-order valence-electron chi connectivity index (χ2n) is 7.98. The van der Waals surface area contributed by atoms with Gasteiger partial charge in [0.25, 0.3) is 5.91 Å². The largest absolute Gasteiger partial charge is 0.492 e. The monoisotopic (exact) mass is 391 g/mol. The molecular formula is C24H29N3O2. The lowest BCUT2D eigenvalue weighted by Crippen LogP contribution is -2.28. The zero-order valence-corrected chi connectivity index (χ0v) is 17.6. The Kier molecular flexibility index (Phi) is 6.37. The van der Waals surface area contributed by atoms with Gasteiger partial charge in [0.1, 0.15) is 12.4 Å². The molecule has 5 nitrogen and oxygen atoms in total. The summed E-state index contributed by atoms with van der Waals surface area (Å²) < 4.78 is 7.47. The topological polar surface area (TPSA) is 56.2 Å². The van der Waals surface area contributed by atoms with E-state index in [1.165, 1.54) is 5.56 Å². The number of hydrogen-bond acceptors (Lipinski definition) is 3. The standard InChI is InChI=1S/C24H29N3O2/c1-5-27-22(18-11-13-19(14-12-18)24(2,3)4)17-21(26-27)23(28)25-15-16-29-20-9-7-6-8-10-20/h6-14,17H,5,15-16H2,1-4H3,(H,25,28). The van der Waals surface area contributed by atoms with Crippen molar-refractivity contribution in [1.82, 2.24) is 15.1 Å². The SMILES string of the molecule is CCn1nc(C(=O)NCCOc2ccccc2)cc1-c1ccc(C(C)(C)C)cc1. The van der Waals surface area contributed by atoms with Gasteiger partial charge in [-0.05, 0) is 41.7 Å². The Morgan fingerprint density at radius 2 is 1.76 bits per heavy atom. The van der Waals surface area contributed by atoms with E-state index in [9.17, 15) is 4.79 Å². The van der Waals surface area contributed by atoms with Crippen molar-refractivity contribution in [3.05, 3.63) is 71.9 Å². The molecule has 0 spiro atoms. The molecule has 0 aliphatic carbocycles. The van der Waals surface area contributed by atoms with Crippen LogP contribution in [0.3, 0.4) is 0 Å². The quantitative estimate of drug-likeness (QED) is 0.595. The van der Waals surface area contributed by atoms with E-state index in [1.807, 2.05) is 48.0 Å². The van der Waals surface area contributed by atoms with Gasteiger partial charge in [-0.2, -0.15) is 5.10 Å². The predicted octanol–water partition coefficient (Wildman–Crippen LogP) is 4.68. The van der Waals surface area contributed by atoms with Crippen molar-refractivity contribution in [2.24, 2.45) is 0 Å². The minimum Gasteiger partial charge on any atom is -0.492 e. The van der Waals surface area contributed by atoms with E-state index in [0.717, 1.165) is 17.0 Å². The van der Waals surface area contributed by atoms with Gasteiger partial charge in [0.2, 0.25) is 0 Å². The number of nitrogens with one attached hydrogen (secondary N) is 1. The average Bonchev–Trinajstić information content (AvgIpc) is 3.16. The lowest BCUT2D eigenvalue weighted by molar-refractivity contribution is 0.0941. The van der Waals surface area contributed by atoms with Crippen LogP contribution >= 0.6 is 0 Å². The van der Waals surface area contributed by atoms with Crippen LogP contribution in [-0.2, 0) is 12.0 Å². The van der Waals surface area contributed by atoms with E-state index >= 15 is 0 Å². The Morgan fingerprint density at radius 1 is 1.07 bits per heavy atom. The second kappa shape index (κ2) is 8.95. The maximum atomic E-state index is 12.5. The summed E-state index contributed by atoms with van der Waals surface area (Å²) in [7, 11) is 0. The van der Waals surface area contributed by atoms with Crippen molar-refractivity contribution in [1.29, 1.82) is 0 Å². The number of hydrogen-bond donors (Lipinski definition) is 1. The number of aryl methyl sites for hydroxylation is 1. The Hall–Kier alpha value is -3.08. The molecule has 3 rings (SSSR count). The van der Waals surface area contributed by atoms with Gasteiger partial charge in [0.05, 0.1) is 12.2 Å². The summed E-state index contributed by atoms with van der Waals surface area (Å²) in [6, 6.07) is 19.9. The molecule has 0 bridgehead atoms. The van der Waals surface area contributed by atoms with Gasteiger partial charge in [0, 0.05) is 6.54 Å². The van der Waals surface area contributed by atoms with Gasteiger partial charge in [0.15, 0.2) is 5.69 Å². The molecule has 0 aliphatic rings. The molecule has 29 heavy (non-hydrogen) atoms. The number of nitrogens with zero attached hydrogens (tertiary/aromatic N) is 2. The van der Waals surface area contributed by atoms with Crippen LogP contribution in [0.2, 0.25) is 0 Å². The molecule has 3 aromatic rings.